The molecule has 0 aromatic heterocycles. The van der Waals surface area contributed by atoms with Gasteiger partial charge in [0.1, 0.15) is 91.5 Å². The Kier molecular flexibility index (Phi) is 17.8. The van der Waals surface area contributed by atoms with Gasteiger partial charge in [0, 0.05) is 13.8 Å². The van der Waals surface area contributed by atoms with Crippen LogP contribution >= 0.6 is 0 Å². The van der Waals surface area contributed by atoms with Gasteiger partial charge in [-0.2, -0.15) is 8.42 Å². The average molecular weight is 831 g/mol. The summed E-state index contributed by atoms with van der Waals surface area (Å²) in [4.78, 5) is 24.2. The lowest BCUT2D eigenvalue weighted by molar-refractivity contribution is -0.346. The van der Waals surface area contributed by atoms with E-state index in [1.54, 1.807) is 0 Å². The minimum absolute atomic E-state index is 0.765. The van der Waals surface area contributed by atoms with E-state index < -0.39 is 172 Å². The Hall–Kier alpha value is -1.91. The van der Waals surface area contributed by atoms with Crippen LogP contribution in [0.4, 0.5) is 0 Å². The molecule has 322 valence electrons. The number of aliphatic hydroxyl groups is 12. The van der Waals surface area contributed by atoms with Crippen molar-refractivity contribution in [3.8, 4) is 0 Å². The highest BCUT2D eigenvalue weighted by molar-refractivity contribution is 7.80. The van der Waals surface area contributed by atoms with Gasteiger partial charge in [0.15, 0.2) is 18.9 Å². The molecule has 19 atom stereocenters. The lowest BCUT2D eigenvalue weighted by Crippen LogP contribution is -2.68. The minimum atomic E-state index is -5.07. The fraction of sp³-hybridized carbons (Fsp3) is 0.929. The van der Waals surface area contributed by atoms with Crippen molar-refractivity contribution in [2.75, 3.05) is 33.0 Å². The van der Waals surface area contributed by atoms with Crippen molar-refractivity contribution in [3.05, 3.63) is 0 Å². The predicted octanol–water partition coefficient (Wildman–Crippen LogP) is -10.00. The van der Waals surface area contributed by atoms with Gasteiger partial charge in [-0.05, 0) is 0 Å². The molecule has 0 aromatic carbocycles. The summed E-state index contributed by atoms with van der Waals surface area (Å²) >= 11 is 0. The molecule has 3 heterocycles. The van der Waals surface area contributed by atoms with Gasteiger partial charge in [0.25, 0.3) is 0 Å². The van der Waals surface area contributed by atoms with Gasteiger partial charge < -0.3 is 100 Å². The van der Waals surface area contributed by atoms with Crippen LogP contribution in [0.1, 0.15) is 13.8 Å². The molecular weight excluding hydrogens is 780 g/mol. The Balaban J connectivity index is 1.86. The first-order valence-electron chi connectivity index (χ1n) is 16.7. The van der Waals surface area contributed by atoms with Gasteiger partial charge in [-0.1, -0.05) is 0 Å². The fourth-order valence-electron chi connectivity index (χ4n) is 5.99. The molecule has 2 amide bonds. The van der Waals surface area contributed by atoms with Gasteiger partial charge in [0.2, 0.25) is 11.8 Å². The first-order chi connectivity index (χ1) is 25.6. The van der Waals surface area contributed by atoms with E-state index in [1.165, 1.54) is 0 Å². The predicted molar refractivity (Wildman–Crippen MR) is 170 cm³/mol. The van der Waals surface area contributed by atoms with Crippen LogP contribution < -0.4 is 10.6 Å². The van der Waals surface area contributed by atoms with Crippen molar-refractivity contribution >= 4 is 22.2 Å². The summed E-state index contributed by atoms with van der Waals surface area (Å²) in [5.74, 6) is -1.58. The molecule has 3 saturated heterocycles. The normalized spacial score (nSPS) is 39.4. The SMILES string of the molecule is CC(=O)N[C@H]1[C@H](OC[C@@H](O)[C@H](O)[C@H](O[C@@H]2O[C@H](CO)[C@H](O)[C@H](O)[C@H]2O)[C@H](CO)NC(C)=O)O[C@H](CO)[C@@H](O)[C@@H]1O[C@@H]1O[C@H](COS(=O)(=O)O)[C@H](O)[C@H](O)[C@H]1O. The number of aliphatic hydroxyl groups excluding tert-OH is 12. The van der Waals surface area contributed by atoms with Gasteiger partial charge in [0.05, 0.1) is 39.1 Å². The van der Waals surface area contributed by atoms with Crippen molar-refractivity contribution in [2.45, 2.75) is 130 Å². The molecule has 15 N–H and O–H groups in total. The number of nitrogens with one attached hydrogen (secondary N) is 2. The molecule has 3 rings (SSSR count). The molecule has 0 radical (unpaired) electrons. The van der Waals surface area contributed by atoms with Crippen molar-refractivity contribution in [1.29, 1.82) is 0 Å². The number of hydrogen-bond donors (Lipinski definition) is 15. The van der Waals surface area contributed by atoms with Crippen molar-refractivity contribution < 1.29 is 116 Å². The van der Waals surface area contributed by atoms with Crippen molar-refractivity contribution in [3.63, 3.8) is 0 Å². The van der Waals surface area contributed by atoms with E-state index in [9.17, 15) is 79.3 Å². The van der Waals surface area contributed by atoms with Crippen molar-refractivity contribution in [1.82, 2.24) is 10.6 Å². The van der Waals surface area contributed by atoms with E-state index in [0.717, 1.165) is 13.8 Å². The maximum Gasteiger partial charge on any atom is 0.397 e. The third kappa shape index (κ3) is 12.3. The highest BCUT2D eigenvalue weighted by Crippen LogP contribution is 2.31. The number of amides is 2. The molecule has 0 aliphatic carbocycles. The highest BCUT2D eigenvalue weighted by Gasteiger charge is 2.53. The Bertz CT molecular complexity index is 1330. The molecular formula is C28H50N2O24S. The zero-order chi connectivity index (χ0) is 41.5. The quantitative estimate of drug-likeness (QED) is 0.0570. The maximum absolute atomic E-state index is 12.3. The van der Waals surface area contributed by atoms with E-state index >= 15 is 0 Å². The highest BCUT2D eigenvalue weighted by atomic mass is 32.3. The maximum atomic E-state index is 12.3. The van der Waals surface area contributed by atoms with E-state index in [-0.39, 0.29) is 0 Å². The van der Waals surface area contributed by atoms with Crippen LogP contribution in [0.15, 0.2) is 0 Å². The number of hydrogen-bond acceptors (Lipinski definition) is 23. The molecule has 0 spiro atoms. The van der Waals surface area contributed by atoms with Gasteiger partial charge in [-0.15, -0.1) is 0 Å². The Morgan fingerprint density at radius 3 is 1.78 bits per heavy atom. The summed E-state index contributed by atoms with van der Waals surface area (Å²) in [6.07, 6.45) is -32.6. The molecule has 26 nitrogen and oxygen atoms in total. The number of carbonyl (C=O) groups excluding carboxylic acids is 2. The van der Waals surface area contributed by atoms with E-state index in [4.69, 9.17) is 33.0 Å². The third-order valence-electron chi connectivity index (χ3n) is 8.85. The third-order valence-corrected chi connectivity index (χ3v) is 9.28. The summed E-state index contributed by atoms with van der Waals surface area (Å²) in [6.45, 7) is -2.83. The Labute approximate surface area is 312 Å². The fourth-order valence-corrected chi connectivity index (χ4v) is 6.29. The molecule has 0 aromatic rings. The number of carbonyl (C=O) groups is 2. The number of rotatable bonds is 18. The molecule has 0 bridgehead atoms. The first kappa shape index (κ1) is 47.5. The standard InChI is InChI=1S/C28H50N2O24S/c1-8(34)29-10(3-31)24(53-27-22(43)20(41)17(38)12(4-32)51-27)16(37)11(36)6-48-26-15(30-9(2)35)25(19(40)13(5-33)50-26)54-28-23(44)21(42)18(39)14(52-28)7-49-55(45,46)47/h10-28,31-33,36-44H,3-7H2,1-2H3,(H,29,34)(H,30,35)(H,45,46,47)/t10-,11+,12+,13+,14+,15+,16-,17-,18-,19+,20-,21-,22+,23+,24+,25+,26+,27-,28-/m0/s1. The second kappa shape index (κ2) is 20.7. The summed E-state index contributed by atoms with van der Waals surface area (Å²) in [5.41, 5.74) is 0. The molecule has 3 aliphatic rings. The zero-order valence-corrected chi connectivity index (χ0v) is 30.0. The summed E-state index contributed by atoms with van der Waals surface area (Å²) in [6, 6.07) is -3.21. The molecule has 3 aliphatic heterocycles. The van der Waals surface area contributed by atoms with Crippen LogP contribution in [0, 0.1) is 0 Å². The van der Waals surface area contributed by atoms with E-state index in [0.29, 0.717) is 0 Å². The van der Waals surface area contributed by atoms with Gasteiger partial charge in [-0.25, -0.2) is 4.18 Å². The second-order valence-electron chi connectivity index (χ2n) is 12.9. The molecule has 3 fully saturated rings. The molecule has 0 unspecified atom stereocenters. The summed E-state index contributed by atoms with van der Waals surface area (Å²) in [7, 11) is -5.07. The smallest absolute Gasteiger partial charge is 0.394 e. The van der Waals surface area contributed by atoms with Crippen LogP contribution in [-0.4, -0.2) is 236 Å². The monoisotopic (exact) mass is 830 g/mol. The minimum Gasteiger partial charge on any atom is -0.394 e. The lowest BCUT2D eigenvalue weighted by atomic mass is 9.95. The topological polar surface area (TPSA) is 420 Å². The molecule has 0 saturated carbocycles. The van der Waals surface area contributed by atoms with Crippen LogP contribution in [0.25, 0.3) is 0 Å². The molecule has 27 heteroatoms. The van der Waals surface area contributed by atoms with Crippen LogP contribution in [-0.2, 0) is 52.6 Å². The van der Waals surface area contributed by atoms with Crippen LogP contribution in [0.5, 0.6) is 0 Å². The largest absolute Gasteiger partial charge is 0.397 e. The van der Waals surface area contributed by atoms with Crippen molar-refractivity contribution in [2.24, 2.45) is 0 Å². The Morgan fingerprint density at radius 1 is 0.727 bits per heavy atom. The zero-order valence-electron chi connectivity index (χ0n) is 29.2. The summed E-state index contributed by atoms with van der Waals surface area (Å²) < 4.78 is 68.3. The van der Waals surface area contributed by atoms with Gasteiger partial charge >= 0.3 is 10.4 Å². The van der Waals surface area contributed by atoms with E-state index in [1.807, 2.05) is 0 Å². The first-order valence-corrected chi connectivity index (χ1v) is 18.0. The lowest BCUT2D eigenvalue weighted by Gasteiger charge is -2.47. The van der Waals surface area contributed by atoms with Crippen LogP contribution in [0.2, 0.25) is 0 Å². The average Bonchev–Trinajstić information content (AvgIpc) is 3.12. The number of ether oxygens (including phenoxy) is 6. The van der Waals surface area contributed by atoms with Crippen LogP contribution in [0.3, 0.4) is 0 Å². The second-order valence-corrected chi connectivity index (χ2v) is 14.0. The molecule has 55 heavy (non-hydrogen) atoms. The Morgan fingerprint density at radius 2 is 1.25 bits per heavy atom. The summed E-state index contributed by atoms with van der Waals surface area (Å²) in [5, 5.41) is 129. The van der Waals surface area contributed by atoms with E-state index in [2.05, 4.69) is 14.8 Å². The van der Waals surface area contributed by atoms with Gasteiger partial charge in [-0.3, -0.25) is 14.1 Å².